The molecule has 3 aromatic rings. The zero-order chi connectivity index (χ0) is 21.8. The Balaban J connectivity index is 1.45. The fourth-order valence-electron chi connectivity index (χ4n) is 3.86. The van der Waals surface area contributed by atoms with Crippen molar-refractivity contribution >= 4 is 22.8 Å². The van der Waals surface area contributed by atoms with Crippen LogP contribution in [0.5, 0.6) is 5.75 Å². The van der Waals surface area contributed by atoms with Gasteiger partial charge in [0.05, 0.1) is 13.0 Å². The van der Waals surface area contributed by atoms with Crippen LogP contribution in [0.2, 0.25) is 0 Å². The fraction of sp³-hybridized carbons (Fsp3) is 0.292. The summed E-state index contributed by atoms with van der Waals surface area (Å²) in [5.74, 6) is -0.0883. The highest BCUT2D eigenvalue weighted by atomic mass is 16.5. The van der Waals surface area contributed by atoms with Gasteiger partial charge in [0.15, 0.2) is 6.61 Å². The summed E-state index contributed by atoms with van der Waals surface area (Å²) in [5.41, 5.74) is 1.64. The Labute approximate surface area is 179 Å². The average molecular weight is 421 g/mol. The molecule has 1 aliphatic rings. The molecular weight excluding hydrogens is 398 g/mol. The lowest BCUT2D eigenvalue weighted by atomic mass is 9.97. The summed E-state index contributed by atoms with van der Waals surface area (Å²) in [4.78, 5) is 37.8. The van der Waals surface area contributed by atoms with E-state index in [9.17, 15) is 14.4 Å². The number of benzene rings is 2. The van der Waals surface area contributed by atoms with E-state index < -0.39 is 5.63 Å². The van der Waals surface area contributed by atoms with Gasteiger partial charge in [-0.3, -0.25) is 9.59 Å². The molecule has 1 fully saturated rings. The number of carbonyl (C=O) groups excluding carboxylic acids is 2. The standard InChI is InChI=1S/C24H23NO6/c1-29-24(28)17-9-11-25(12-10-17)22(26)15-30-18-7-8-19-20(16-5-3-2-4-6-16)14-23(27)31-21(19)13-18/h2-8,13-14,17H,9-12,15H2,1H3. The molecule has 7 heteroatoms. The number of carbonyl (C=O) groups is 2. The topological polar surface area (TPSA) is 86.0 Å². The second kappa shape index (κ2) is 9.04. The van der Waals surface area contributed by atoms with Crippen LogP contribution >= 0.6 is 0 Å². The summed E-state index contributed by atoms with van der Waals surface area (Å²) in [6, 6.07) is 16.3. The van der Waals surface area contributed by atoms with Crippen molar-refractivity contribution in [2.24, 2.45) is 5.92 Å². The summed E-state index contributed by atoms with van der Waals surface area (Å²) in [7, 11) is 1.38. The van der Waals surface area contributed by atoms with Gasteiger partial charge in [-0.05, 0) is 36.1 Å². The van der Waals surface area contributed by atoms with E-state index in [0.29, 0.717) is 37.3 Å². The Kier molecular flexibility index (Phi) is 6.02. The molecular formula is C24H23NO6. The molecule has 160 valence electrons. The van der Waals surface area contributed by atoms with E-state index in [1.165, 1.54) is 13.2 Å². The van der Waals surface area contributed by atoms with Crippen molar-refractivity contribution in [1.82, 2.24) is 4.90 Å². The molecule has 2 aromatic carbocycles. The third-order valence-electron chi connectivity index (χ3n) is 5.55. The smallest absolute Gasteiger partial charge is 0.336 e. The zero-order valence-electron chi connectivity index (χ0n) is 17.2. The quantitative estimate of drug-likeness (QED) is 0.464. The number of piperidine rings is 1. The minimum absolute atomic E-state index is 0.128. The van der Waals surface area contributed by atoms with Crippen LogP contribution in [0.3, 0.4) is 0 Å². The molecule has 0 atom stereocenters. The van der Waals surface area contributed by atoms with Crippen LogP contribution in [0, 0.1) is 5.92 Å². The van der Waals surface area contributed by atoms with E-state index >= 15 is 0 Å². The number of methoxy groups -OCH3 is 1. The molecule has 0 aliphatic carbocycles. The number of hydrogen-bond acceptors (Lipinski definition) is 6. The molecule has 4 rings (SSSR count). The van der Waals surface area contributed by atoms with Crippen molar-refractivity contribution in [3.63, 3.8) is 0 Å². The van der Waals surface area contributed by atoms with E-state index in [0.717, 1.165) is 16.5 Å². The molecule has 1 aliphatic heterocycles. The Bertz CT molecular complexity index is 1150. The van der Waals surface area contributed by atoms with Crippen LogP contribution in [0.25, 0.3) is 22.1 Å². The van der Waals surface area contributed by atoms with Crippen molar-refractivity contribution in [2.75, 3.05) is 26.8 Å². The molecule has 7 nitrogen and oxygen atoms in total. The van der Waals surface area contributed by atoms with Crippen molar-refractivity contribution in [2.45, 2.75) is 12.8 Å². The maximum absolute atomic E-state index is 12.5. The Hall–Kier alpha value is -3.61. The van der Waals surface area contributed by atoms with E-state index in [2.05, 4.69) is 0 Å². The van der Waals surface area contributed by atoms with Crippen molar-refractivity contribution < 1.29 is 23.5 Å². The molecule has 31 heavy (non-hydrogen) atoms. The number of ether oxygens (including phenoxy) is 2. The first-order valence-electron chi connectivity index (χ1n) is 10.2. The monoisotopic (exact) mass is 421 g/mol. The minimum atomic E-state index is -0.451. The molecule has 0 unspecified atom stereocenters. The van der Waals surface area contributed by atoms with Gasteiger partial charge >= 0.3 is 11.6 Å². The molecule has 1 amide bonds. The molecule has 0 spiro atoms. The number of amides is 1. The molecule has 0 saturated carbocycles. The van der Waals surface area contributed by atoms with Crippen molar-refractivity contribution in [3.8, 4) is 16.9 Å². The number of likely N-dealkylation sites (tertiary alicyclic amines) is 1. The van der Waals surface area contributed by atoms with Gasteiger partial charge in [-0.15, -0.1) is 0 Å². The van der Waals surface area contributed by atoms with Crippen LogP contribution in [-0.4, -0.2) is 43.6 Å². The third kappa shape index (κ3) is 4.60. The summed E-state index contributed by atoms with van der Waals surface area (Å²) in [6.45, 7) is 0.862. The largest absolute Gasteiger partial charge is 0.484 e. The third-order valence-corrected chi connectivity index (χ3v) is 5.55. The van der Waals surface area contributed by atoms with E-state index in [4.69, 9.17) is 13.9 Å². The van der Waals surface area contributed by atoms with Gasteiger partial charge in [0.2, 0.25) is 0 Å². The predicted molar refractivity (Wildman–Crippen MR) is 115 cm³/mol. The maximum atomic E-state index is 12.5. The zero-order valence-corrected chi connectivity index (χ0v) is 17.2. The van der Waals surface area contributed by atoms with Crippen LogP contribution in [-0.2, 0) is 14.3 Å². The summed E-state index contributed by atoms with van der Waals surface area (Å²) in [6.07, 6.45) is 1.17. The first kappa shape index (κ1) is 20.7. The second-order valence-corrected chi connectivity index (χ2v) is 7.47. The first-order valence-corrected chi connectivity index (χ1v) is 10.2. The van der Waals surface area contributed by atoms with Crippen LogP contribution in [0.4, 0.5) is 0 Å². The Morgan fingerprint density at radius 3 is 2.52 bits per heavy atom. The highest BCUT2D eigenvalue weighted by molar-refractivity contribution is 5.93. The fourth-order valence-corrected chi connectivity index (χ4v) is 3.86. The van der Waals surface area contributed by atoms with E-state index in [-0.39, 0.29) is 24.4 Å². The van der Waals surface area contributed by atoms with E-state index in [1.807, 2.05) is 36.4 Å². The lowest BCUT2D eigenvalue weighted by Crippen LogP contribution is -2.42. The summed E-state index contributed by atoms with van der Waals surface area (Å²) in [5, 5.41) is 0.786. The summed E-state index contributed by atoms with van der Waals surface area (Å²) < 4.78 is 15.8. The van der Waals surface area contributed by atoms with Crippen molar-refractivity contribution in [3.05, 3.63) is 65.0 Å². The second-order valence-electron chi connectivity index (χ2n) is 7.47. The normalized spacial score (nSPS) is 14.4. The molecule has 1 saturated heterocycles. The van der Waals surface area contributed by atoms with Crippen molar-refractivity contribution in [1.29, 1.82) is 0 Å². The lowest BCUT2D eigenvalue weighted by Gasteiger charge is -2.30. The van der Waals surface area contributed by atoms with E-state index in [1.54, 1.807) is 17.0 Å². The van der Waals surface area contributed by atoms with Crippen LogP contribution < -0.4 is 10.4 Å². The molecule has 2 heterocycles. The Morgan fingerprint density at radius 1 is 1.06 bits per heavy atom. The lowest BCUT2D eigenvalue weighted by molar-refractivity contribution is -0.149. The molecule has 1 aromatic heterocycles. The van der Waals surface area contributed by atoms with Gasteiger partial charge < -0.3 is 18.8 Å². The van der Waals surface area contributed by atoms with Gasteiger partial charge in [-0.2, -0.15) is 0 Å². The average Bonchev–Trinajstić information content (AvgIpc) is 2.81. The van der Waals surface area contributed by atoms with Gasteiger partial charge in [-0.1, -0.05) is 30.3 Å². The molecule has 0 radical (unpaired) electrons. The number of hydrogen-bond donors (Lipinski definition) is 0. The number of fused-ring (bicyclic) bond motifs is 1. The van der Waals surface area contributed by atoms with Gasteiger partial charge in [0, 0.05) is 30.6 Å². The maximum Gasteiger partial charge on any atom is 0.336 e. The van der Waals surface area contributed by atoms with Crippen LogP contribution in [0.15, 0.2) is 63.8 Å². The van der Waals surface area contributed by atoms with Gasteiger partial charge in [-0.25, -0.2) is 4.79 Å². The van der Waals surface area contributed by atoms with Gasteiger partial charge in [0.25, 0.3) is 5.91 Å². The SMILES string of the molecule is COC(=O)C1CCN(C(=O)COc2ccc3c(-c4ccccc4)cc(=O)oc3c2)CC1. The number of esters is 1. The first-order chi connectivity index (χ1) is 15.0. The number of nitrogens with zero attached hydrogens (tertiary/aromatic N) is 1. The van der Waals surface area contributed by atoms with Crippen LogP contribution in [0.1, 0.15) is 12.8 Å². The van der Waals surface area contributed by atoms with Gasteiger partial charge in [0.1, 0.15) is 11.3 Å². The molecule has 0 N–H and O–H groups in total. The minimum Gasteiger partial charge on any atom is -0.484 e. The summed E-state index contributed by atoms with van der Waals surface area (Å²) >= 11 is 0. The highest BCUT2D eigenvalue weighted by Gasteiger charge is 2.28. The predicted octanol–water partition coefficient (Wildman–Crippen LogP) is 3.25. The highest BCUT2D eigenvalue weighted by Crippen LogP contribution is 2.29. The number of rotatable bonds is 5. The molecule has 0 bridgehead atoms. The Morgan fingerprint density at radius 2 is 1.81 bits per heavy atom.